The van der Waals surface area contributed by atoms with Crippen LogP contribution in [0.2, 0.25) is 0 Å². The van der Waals surface area contributed by atoms with E-state index in [1.807, 2.05) is 6.07 Å². The third-order valence-corrected chi connectivity index (χ3v) is 3.61. The lowest BCUT2D eigenvalue weighted by atomic mass is 9.88. The number of ether oxygens (including phenoxy) is 2. The van der Waals surface area contributed by atoms with Crippen LogP contribution in [0.4, 0.5) is 5.69 Å². The molecule has 4 heteroatoms. The summed E-state index contributed by atoms with van der Waals surface area (Å²) in [6.07, 6.45) is 6.09. The third-order valence-electron chi connectivity index (χ3n) is 3.61. The van der Waals surface area contributed by atoms with E-state index >= 15 is 0 Å². The molecule has 2 N–H and O–H groups in total. The van der Waals surface area contributed by atoms with E-state index in [4.69, 9.17) is 15.2 Å². The highest BCUT2D eigenvalue weighted by atomic mass is 16.5. The second-order valence-electron chi connectivity index (χ2n) is 5.31. The van der Waals surface area contributed by atoms with E-state index in [1.54, 1.807) is 6.07 Å². The van der Waals surface area contributed by atoms with Crippen molar-refractivity contribution in [1.29, 1.82) is 0 Å². The van der Waals surface area contributed by atoms with Gasteiger partial charge in [0.05, 0.1) is 12.3 Å². The Kier molecular flexibility index (Phi) is 4.88. The second-order valence-corrected chi connectivity index (χ2v) is 5.31. The lowest BCUT2D eigenvalue weighted by Gasteiger charge is -2.28. The number of hydrogen-bond acceptors (Lipinski definition) is 4. The zero-order valence-electron chi connectivity index (χ0n) is 11.9. The van der Waals surface area contributed by atoms with Gasteiger partial charge in [0.15, 0.2) is 0 Å². The van der Waals surface area contributed by atoms with Gasteiger partial charge in [0.2, 0.25) is 11.8 Å². The summed E-state index contributed by atoms with van der Waals surface area (Å²) >= 11 is 0. The first kappa shape index (κ1) is 14.0. The molecule has 0 aliphatic heterocycles. The maximum absolute atomic E-state index is 6.00. The fourth-order valence-corrected chi connectivity index (χ4v) is 2.43. The average molecular weight is 264 g/mol. The van der Waals surface area contributed by atoms with E-state index in [-0.39, 0.29) is 6.10 Å². The molecule has 1 heterocycles. The largest absolute Gasteiger partial charge is 0.476 e. The maximum Gasteiger partial charge on any atom is 0.240 e. The van der Waals surface area contributed by atoms with E-state index in [0.717, 1.165) is 12.8 Å². The number of pyridine rings is 1. The van der Waals surface area contributed by atoms with Gasteiger partial charge in [-0.3, -0.25) is 0 Å². The molecule has 0 saturated heterocycles. The summed E-state index contributed by atoms with van der Waals surface area (Å²) in [5, 5.41) is 0. The Labute approximate surface area is 115 Å². The van der Waals surface area contributed by atoms with Gasteiger partial charge in [0.25, 0.3) is 0 Å². The summed E-state index contributed by atoms with van der Waals surface area (Å²) in [7, 11) is 0. The van der Waals surface area contributed by atoms with Crippen LogP contribution in [0.25, 0.3) is 0 Å². The van der Waals surface area contributed by atoms with Crippen molar-refractivity contribution in [2.24, 2.45) is 5.92 Å². The summed E-state index contributed by atoms with van der Waals surface area (Å²) in [4.78, 5) is 4.37. The summed E-state index contributed by atoms with van der Waals surface area (Å²) < 4.78 is 11.5. The van der Waals surface area contributed by atoms with Gasteiger partial charge in [0.1, 0.15) is 6.10 Å². The van der Waals surface area contributed by atoms with Crippen LogP contribution in [-0.2, 0) is 0 Å². The number of anilines is 1. The van der Waals surface area contributed by atoms with Crippen LogP contribution in [0.3, 0.4) is 0 Å². The molecule has 0 bridgehead atoms. The number of nitrogens with zero attached hydrogens (tertiary/aromatic N) is 1. The van der Waals surface area contributed by atoms with E-state index in [1.165, 1.54) is 19.3 Å². The molecule has 0 amide bonds. The average Bonchev–Trinajstić information content (AvgIpc) is 2.42. The van der Waals surface area contributed by atoms with Crippen molar-refractivity contribution in [2.75, 3.05) is 12.3 Å². The maximum atomic E-state index is 6.00. The number of nitrogens with two attached hydrogens (primary N) is 1. The van der Waals surface area contributed by atoms with Crippen molar-refractivity contribution in [1.82, 2.24) is 4.98 Å². The predicted molar refractivity (Wildman–Crippen MR) is 76.5 cm³/mol. The van der Waals surface area contributed by atoms with E-state index in [0.29, 0.717) is 30.0 Å². The molecular weight excluding hydrogens is 240 g/mol. The zero-order chi connectivity index (χ0) is 13.7. The molecule has 2 unspecified atom stereocenters. The van der Waals surface area contributed by atoms with Crippen LogP contribution in [0, 0.1) is 5.92 Å². The van der Waals surface area contributed by atoms with Crippen molar-refractivity contribution in [3.63, 3.8) is 0 Å². The Bertz CT molecular complexity index is 409. The Morgan fingerprint density at radius 1 is 1.32 bits per heavy atom. The number of nitrogen functional groups attached to an aromatic ring is 1. The Balaban J connectivity index is 2.03. The second kappa shape index (κ2) is 6.64. The summed E-state index contributed by atoms with van der Waals surface area (Å²) in [6, 6.07) is 3.64. The summed E-state index contributed by atoms with van der Waals surface area (Å²) in [5.41, 5.74) is 6.41. The van der Waals surface area contributed by atoms with Gasteiger partial charge in [-0.05, 0) is 37.7 Å². The van der Waals surface area contributed by atoms with Crippen LogP contribution < -0.4 is 15.2 Å². The first-order chi connectivity index (χ1) is 9.20. The standard InChI is InChI=1S/C15H24N2O2/c1-3-10-18-15-12(16)8-9-14(17-15)19-13-7-5-4-6-11(13)2/h8-9,11,13H,3-7,10,16H2,1-2H3. The molecule has 1 aliphatic carbocycles. The molecule has 0 spiro atoms. The molecule has 1 aliphatic rings. The van der Waals surface area contributed by atoms with Crippen molar-refractivity contribution in [3.8, 4) is 11.8 Å². The van der Waals surface area contributed by atoms with Crippen molar-refractivity contribution in [3.05, 3.63) is 12.1 Å². The fraction of sp³-hybridized carbons (Fsp3) is 0.667. The number of aromatic nitrogens is 1. The van der Waals surface area contributed by atoms with Crippen molar-refractivity contribution >= 4 is 5.69 Å². The highest BCUT2D eigenvalue weighted by molar-refractivity contribution is 5.49. The monoisotopic (exact) mass is 264 g/mol. The van der Waals surface area contributed by atoms with E-state index in [9.17, 15) is 0 Å². The minimum absolute atomic E-state index is 0.267. The zero-order valence-corrected chi connectivity index (χ0v) is 11.9. The third kappa shape index (κ3) is 3.75. The van der Waals surface area contributed by atoms with E-state index in [2.05, 4.69) is 18.8 Å². The van der Waals surface area contributed by atoms with Gasteiger partial charge in [-0.25, -0.2) is 0 Å². The van der Waals surface area contributed by atoms with Crippen LogP contribution in [0.15, 0.2) is 12.1 Å². The van der Waals surface area contributed by atoms with Crippen molar-refractivity contribution < 1.29 is 9.47 Å². The minimum atomic E-state index is 0.267. The molecule has 106 valence electrons. The molecule has 1 saturated carbocycles. The highest BCUT2D eigenvalue weighted by Gasteiger charge is 2.23. The molecule has 1 aromatic rings. The first-order valence-electron chi connectivity index (χ1n) is 7.26. The van der Waals surface area contributed by atoms with Crippen molar-refractivity contribution in [2.45, 2.75) is 52.1 Å². The van der Waals surface area contributed by atoms with Gasteiger partial charge < -0.3 is 15.2 Å². The molecule has 19 heavy (non-hydrogen) atoms. The Morgan fingerprint density at radius 3 is 2.84 bits per heavy atom. The summed E-state index contributed by atoms with van der Waals surface area (Å²) in [6.45, 7) is 4.93. The molecule has 2 rings (SSSR count). The van der Waals surface area contributed by atoms with Crippen LogP contribution in [0.1, 0.15) is 46.0 Å². The van der Waals surface area contributed by atoms with Gasteiger partial charge in [-0.1, -0.05) is 20.3 Å². The predicted octanol–water partition coefficient (Wildman–Crippen LogP) is 3.41. The normalized spacial score (nSPS) is 23.1. The van der Waals surface area contributed by atoms with Crippen LogP contribution in [0.5, 0.6) is 11.8 Å². The van der Waals surface area contributed by atoms with Crippen LogP contribution in [-0.4, -0.2) is 17.7 Å². The fourth-order valence-electron chi connectivity index (χ4n) is 2.43. The molecule has 1 fully saturated rings. The summed E-state index contributed by atoms with van der Waals surface area (Å²) in [5.74, 6) is 1.70. The lowest BCUT2D eigenvalue weighted by molar-refractivity contribution is 0.0966. The molecule has 4 nitrogen and oxygen atoms in total. The molecule has 0 aromatic carbocycles. The minimum Gasteiger partial charge on any atom is -0.476 e. The smallest absolute Gasteiger partial charge is 0.240 e. The SMILES string of the molecule is CCCOc1nc(OC2CCCCC2C)ccc1N. The van der Waals surface area contributed by atoms with Crippen LogP contribution >= 0.6 is 0 Å². The molecule has 1 aromatic heterocycles. The Morgan fingerprint density at radius 2 is 2.11 bits per heavy atom. The Hall–Kier alpha value is -1.45. The molecule has 2 atom stereocenters. The highest BCUT2D eigenvalue weighted by Crippen LogP contribution is 2.29. The van der Waals surface area contributed by atoms with E-state index < -0.39 is 0 Å². The van der Waals surface area contributed by atoms with Gasteiger partial charge in [0, 0.05) is 6.07 Å². The molecule has 0 radical (unpaired) electrons. The number of rotatable bonds is 5. The van der Waals surface area contributed by atoms with Gasteiger partial charge >= 0.3 is 0 Å². The quantitative estimate of drug-likeness (QED) is 0.885. The van der Waals surface area contributed by atoms with Gasteiger partial charge in [-0.2, -0.15) is 4.98 Å². The lowest BCUT2D eigenvalue weighted by Crippen LogP contribution is -2.28. The topological polar surface area (TPSA) is 57.4 Å². The first-order valence-corrected chi connectivity index (χ1v) is 7.26. The molecular formula is C15H24N2O2. The number of hydrogen-bond donors (Lipinski definition) is 1. The van der Waals surface area contributed by atoms with Gasteiger partial charge in [-0.15, -0.1) is 0 Å².